The van der Waals surface area contributed by atoms with Crippen molar-refractivity contribution < 1.29 is 4.74 Å². The molecule has 1 heterocycles. The van der Waals surface area contributed by atoms with Gasteiger partial charge in [-0.2, -0.15) is 0 Å². The van der Waals surface area contributed by atoms with Crippen LogP contribution in [0.2, 0.25) is 0 Å². The van der Waals surface area contributed by atoms with Gasteiger partial charge in [0.2, 0.25) is 0 Å². The Morgan fingerprint density at radius 1 is 1.31 bits per heavy atom. The number of benzene rings is 1. The van der Waals surface area contributed by atoms with Crippen LogP contribution < -0.4 is 0 Å². The molecule has 0 aliphatic carbocycles. The maximum Gasteiger partial charge on any atom is 0.0958 e. The lowest BCUT2D eigenvalue weighted by Crippen LogP contribution is -2.06. The summed E-state index contributed by atoms with van der Waals surface area (Å²) in [6.45, 7) is 5.90. The van der Waals surface area contributed by atoms with Crippen LogP contribution >= 0.6 is 0 Å². The minimum atomic E-state index is 0.319. The maximum atomic E-state index is 5.52. The van der Waals surface area contributed by atoms with Gasteiger partial charge in [-0.3, -0.25) is 0 Å². The minimum absolute atomic E-state index is 0.319. The van der Waals surface area contributed by atoms with Gasteiger partial charge in [0, 0.05) is 13.2 Å². The summed E-state index contributed by atoms with van der Waals surface area (Å²) in [5.41, 5.74) is 2.26. The predicted octanol–water partition coefficient (Wildman–Crippen LogP) is 2.85. The third kappa shape index (κ3) is 2.61. The van der Waals surface area contributed by atoms with Gasteiger partial charge in [-0.05, 0) is 32.4 Å². The molecule has 0 saturated heterocycles. The smallest absolute Gasteiger partial charge is 0.0958 e. The minimum Gasteiger partial charge on any atom is -0.379 e. The van der Waals surface area contributed by atoms with E-state index in [1.165, 1.54) is 5.52 Å². The van der Waals surface area contributed by atoms with Crippen molar-refractivity contribution in [2.45, 2.75) is 32.9 Å². The standard InChI is InChI=1S/C13H18N2O/c1-11(2)16-9-5-8-15-10-14-12-6-3-4-7-13(12)15/h3-4,6-7,10-11H,5,8-9H2,1-2H3. The van der Waals surface area contributed by atoms with Crippen molar-refractivity contribution in [3.8, 4) is 0 Å². The second kappa shape index (κ2) is 5.12. The van der Waals surface area contributed by atoms with Crippen molar-refractivity contribution >= 4 is 11.0 Å². The molecule has 0 amide bonds. The van der Waals surface area contributed by atoms with E-state index in [9.17, 15) is 0 Å². The number of nitrogens with zero attached hydrogens (tertiary/aromatic N) is 2. The molecule has 3 nitrogen and oxygen atoms in total. The van der Waals surface area contributed by atoms with Gasteiger partial charge in [0.25, 0.3) is 0 Å². The van der Waals surface area contributed by atoms with Gasteiger partial charge in [0.05, 0.1) is 23.5 Å². The van der Waals surface area contributed by atoms with E-state index in [2.05, 4.69) is 29.5 Å². The van der Waals surface area contributed by atoms with E-state index >= 15 is 0 Å². The zero-order chi connectivity index (χ0) is 11.4. The monoisotopic (exact) mass is 218 g/mol. The van der Waals surface area contributed by atoms with Crippen molar-refractivity contribution in [2.24, 2.45) is 0 Å². The van der Waals surface area contributed by atoms with Crippen molar-refractivity contribution in [3.63, 3.8) is 0 Å². The number of hydrogen-bond donors (Lipinski definition) is 0. The number of imidazole rings is 1. The summed E-state index contributed by atoms with van der Waals surface area (Å²) in [6.07, 6.45) is 3.25. The molecular formula is C13H18N2O. The number of ether oxygens (including phenoxy) is 1. The molecule has 0 aliphatic rings. The molecule has 0 saturated carbocycles. The van der Waals surface area contributed by atoms with E-state index < -0.39 is 0 Å². The Morgan fingerprint density at radius 3 is 2.94 bits per heavy atom. The molecule has 0 N–H and O–H groups in total. The number of para-hydroxylation sites is 2. The van der Waals surface area contributed by atoms with Gasteiger partial charge < -0.3 is 9.30 Å². The Labute approximate surface area is 96.1 Å². The first-order chi connectivity index (χ1) is 7.77. The Kier molecular flexibility index (Phi) is 3.57. The van der Waals surface area contributed by atoms with Gasteiger partial charge in [-0.15, -0.1) is 0 Å². The molecule has 1 aromatic carbocycles. The molecule has 2 aromatic rings. The molecule has 86 valence electrons. The lowest BCUT2D eigenvalue weighted by Gasteiger charge is -2.08. The molecule has 3 heteroatoms. The topological polar surface area (TPSA) is 27.1 Å². The lowest BCUT2D eigenvalue weighted by atomic mass is 10.3. The zero-order valence-corrected chi connectivity index (χ0v) is 9.89. The molecule has 1 aromatic heterocycles. The van der Waals surface area contributed by atoms with Crippen LogP contribution in [0, 0.1) is 0 Å². The molecule has 16 heavy (non-hydrogen) atoms. The molecule has 0 spiro atoms. The van der Waals surface area contributed by atoms with Crippen LogP contribution in [0.5, 0.6) is 0 Å². The maximum absolute atomic E-state index is 5.52. The van der Waals surface area contributed by atoms with Crippen LogP contribution in [0.4, 0.5) is 0 Å². The number of hydrogen-bond acceptors (Lipinski definition) is 2. The molecule has 0 fully saturated rings. The number of rotatable bonds is 5. The van der Waals surface area contributed by atoms with Crippen LogP contribution in [0.15, 0.2) is 30.6 Å². The molecule has 0 bridgehead atoms. The molecule has 0 radical (unpaired) electrons. The second-order valence-electron chi connectivity index (χ2n) is 4.20. The first-order valence-corrected chi connectivity index (χ1v) is 5.79. The zero-order valence-electron chi connectivity index (χ0n) is 9.89. The molecule has 0 atom stereocenters. The van der Waals surface area contributed by atoms with E-state index in [1.807, 2.05) is 24.5 Å². The van der Waals surface area contributed by atoms with E-state index in [-0.39, 0.29) is 0 Å². The third-order valence-electron chi connectivity index (χ3n) is 2.52. The Hall–Kier alpha value is -1.35. The van der Waals surface area contributed by atoms with Crippen molar-refractivity contribution in [1.29, 1.82) is 0 Å². The van der Waals surface area contributed by atoms with Crippen LogP contribution in [0.1, 0.15) is 20.3 Å². The fraction of sp³-hybridized carbons (Fsp3) is 0.462. The molecule has 0 unspecified atom stereocenters. The summed E-state index contributed by atoms with van der Waals surface area (Å²) in [6, 6.07) is 8.20. The SMILES string of the molecule is CC(C)OCCCn1cnc2ccccc21. The second-order valence-corrected chi connectivity index (χ2v) is 4.20. The predicted molar refractivity (Wildman–Crippen MR) is 65.4 cm³/mol. The molecule has 0 aliphatic heterocycles. The summed E-state index contributed by atoms with van der Waals surface area (Å²) in [7, 11) is 0. The fourth-order valence-corrected chi connectivity index (χ4v) is 1.74. The van der Waals surface area contributed by atoms with Gasteiger partial charge in [0.1, 0.15) is 0 Å². The first-order valence-electron chi connectivity index (χ1n) is 5.79. The lowest BCUT2D eigenvalue weighted by molar-refractivity contribution is 0.0750. The average molecular weight is 218 g/mol. The average Bonchev–Trinajstić information content (AvgIpc) is 2.68. The van der Waals surface area contributed by atoms with Gasteiger partial charge >= 0.3 is 0 Å². The summed E-state index contributed by atoms with van der Waals surface area (Å²) >= 11 is 0. The van der Waals surface area contributed by atoms with Gasteiger partial charge in [-0.25, -0.2) is 4.98 Å². The summed E-state index contributed by atoms with van der Waals surface area (Å²) in [4.78, 5) is 4.35. The third-order valence-corrected chi connectivity index (χ3v) is 2.52. The van der Waals surface area contributed by atoms with Crippen molar-refractivity contribution in [2.75, 3.05) is 6.61 Å². The Morgan fingerprint density at radius 2 is 2.12 bits per heavy atom. The summed E-state index contributed by atoms with van der Waals surface area (Å²) in [5, 5.41) is 0. The fourth-order valence-electron chi connectivity index (χ4n) is 1.74. The van der Waals surface area contributed by atoms with E-state index in [1.54, 1.807) is 0 Å². The van der Waals surface area contributed by atoms with E-state index in [4.69, 9.17) is 4.74 Å². The largest absolute Gasteiger partial charge is 0.379 e. The Balaban J connectivity index is 1.94. The van der Waals surface area contributed by atoms with E-state index in [0.717, 1.165) is 25.1 Å². The highest BCUT2D eigenvalue weighted by Gasteiger charge is 2.00. The summed E-state index contributed by atoms with van der Waals surface area (Å²) < 4.78 is 7.70. The normalized spacial score (nSPS) is 11.4. The van der Waals surface area contributed by atoms with E-state index in [0.29, 0.717) is 6.10 Å². The highest BCUT2D eigenvalue weighted by molar-refractivity contribution is 5.74. The van der Waals surface area contributed by atoms with Crippen molar-refractivity contribution in [3.05, 3.63) is 30.6 Å². The quantitative estimate of drug-likeness (QED) is 0.721. The van der Waals surface area contributed by atoms with Gasteiger partial charge in [0.15, 0.2) is 0 Å². The highest BCUT2D eigenvalue weighted by Crippen LogP contribution is 2.12. The number of aryl methyl sites for hydroxylation is 1. The first kappa shape index (κ1) is 11.1. The van der Waals surface area contributed by atoms with Crippen molar-refractivity contribution in [1.82, 2.24) is 9.55 Å². The van der Waals surface area contributed by atoms with Crippen LogP contribution in [-0.2, 0) is 11.3 Å². The van der Waals surface area contributed by atoms with Crippen LogP contribution in [0.25, 0.3) is 11.0 Å². The van der Waals surface area contributed by atoms with Crippen LogP contribution in [0.3, 0.4) is 0 Å². The number of fused-ring (bicyclic) bond motifs is 1. The molecule has 2 rings (SSSR count). The van der Waals surface area contributed by atoms with Gasteiger partial charge in [-0.1, -0.05) is 12.1 Å². The summed E-state index contributed by atoms with van der Waals surface area (Å²) in [5.74, 6) is 0. The highest BCUT2D eigenvalue weighted by atomic mass is 16.5. The number of aromatic nitrogens is 2. The Bertz CT molecular complexity index is 448. The molecular weight excluding hydrogens is 200 g/mol. The van der Waals surface area contributed by atoms with Crippen LogP contribution in [-0.4, -0.2) is 22.3 Å².